The average molecular weight is 392 g/mol. The highest BCUT2D eigenvalue weighted by Crippen LogP contribution is 2.38. The minimum absolute atomic E-state index is 0.534. The molecule has 1 aliphatic carbocycles. The maximum Gasteiger partial charge on any atom is 0.126 e. The second kappa shape index (κ2) is 6.89. The van der Waals surface area contributed by atoms with Crippen LogP contribution in [0.5, 0.6) is 0 Å². The molecule has 5 rings (SSSR count). The van der Waals surface area contributed by atoms with E-state index in [2.05, 4.69) is 27.6 Å². The van der Waals surface area contributed by atoms with Gasteiger partial charge in [-0.15, -0.1) is 0 Å². The van der Waals surface area contributed by atoms with Crippen LogP contribution < -0.4 is 0 Å². The van der Waals surface area contributed by atoms with Crippen molar-refractivity contribution in [2.45, 2.75) is 64.6 Å². The van der Waals surface area contributed by atoms with Crippen LogP contribution in [-0.4, -0.2) is 43.1 Å². The highest BCUT2D eigenvalue weighted by molar-refractivity contribution is 5.81. The molecule has 152 valence electrons. The molecule has 0 radical (unpaired) electrons. The van der Waals surface area contributed by atoms with E-state index in [0.717, 1.165) is 79.0 Å². The Hall–Kier alpha value is -2.31. The summed E-state index contributed by atoms with van der Waals surface area (Å²) in [6, 6.07) is 4.10. The summed E-state index contributed by atoms with van der Waals surface area (Å²) in [4.78, 5) is 16.4. The molecule has 0 saturated carbocycles. The molecule has 29 heavy (non-hydrogen) atoms. The van der Waals surface area contributed by atoms with Crippen LogP contribution in [0.3, 0.4) is 0 Å². The van der Waals surface area contributed by atoms with Gasteiger partial charge >= 0.3 is 0 Å². The summed E-state index contributed by atoms with van der Waals surface area (Å²) in [7, 11) is 2.17. The lowest BCUT2D eigenvalue weighted by Crippen LogP contribution is -2.36. The molecule has 4 heterocycles. The third-order valence-electron chi connectivity index (χ3n) is 6.56. The number of fused-ring (bicyclic) bond motifs is 4. The average Bonchev–Trinajstić information content (AvgIpc) is 2.82. The maximum absolute atomic E-state index is 11.8. The normalized spacial score (nSPS) is 22.3. The fourth-order valence-corrected chi connectivity index (χ4v) is 5.16. The van der Waals surface area contributed by atoms with Crippen molar-refractivity contribution in [2.75, 3.05) is 13.6 Å². The highest BCUT2D eigenvalue weighted by Gasteiger charge is 2.37. The molecule has 3 aromatic heterocycles. The minimum atomic E-state index is -0.906. The van der Waals surface area contributed by atoms with E-state index < -0.39 is 5.60 Å². The molecule has 6 nitrogen and oxygen atoms in total. The van der Waals surface area contributed by atoms with E-state index in [4.69, 9.17) is 9.97 Å². The van der Waals surface area contributed by atoms with Crippen molar-refractivity contribution in [3.05, 3.63) is 52.4 Å². The smallest absolute Gasteiger partial charge is 0.126 e. The van der Waals surface area contributed by atoms with Gasteiger partial charge in [-0.05, 0) is 65.6 Å². The first kappa shape index (κ1) is 18.7. The van der Waals surface area contributed by atoms with E-state index in [9.17, 15) is 5.11 Å². The van der Waals surface area contributed by atoms with Gasteiger partial charge in [0.15, 0.2) is 0 Å². The quantitative estimate of drug-likeness (QED) is 0.727. The van der Waals surface area contributed by atoms with Crippen LogP contribution in [0.4, 0.5) is 0 Å². The second-order valence-electron chi connectivity index (χ2n) is 8.84. The van der Waals surface area contributed by atoms with Gasteiger partial charge in [-0.25, -0.2) is 9.97 Å². The molecule has 6 heteroatoms. The zero-order valence-electron chi connectivity index (χ0n) is 17.6. The van der Waals surface area contributed by atoms with Gasteiger partial charge in [0.2, 0.25) is 0 Å². The number of pyridine rings is 1. The van der Waals surface area contributed by atoms with Gasteiger partial charge in [-0.3, -0.25) is 4.98 Å². The van der Waals surface area contributed by atoms with Crippen molar-refractivity contribution in [3.63, 3.8) is 0 Å². The molecule has 0 aromatic carbocycles. The number of aliphatic hydroxyl groups is 1. The molecule has 1 unspecified atom stereocenters. The molecule has 0 bridgehead atoms. The summed E-state index contributed by atoms with van der Waals surface area (Å²) in [5, 5.41) is 11.8. The van der Waals surface area contributed by atoms with Gasteiger partial charge < -0.3 is 14.6 Å². The topological polar surface area (TPSA) is 67.1 Å². The van der Waals surface area contributed by atoms with Crippen LogP contribution in [-0.2, 0) is 31.5 Å². The van der Waals surface area contributed by atoms with Crippen LogP contribution in [0.1, 0.15) is 53.3 Å². The Balaban J connectivity index is 1.66. The lowest BCUT2D eigenvalue weighted by molar-refractivity contribution is 0.00120. The fourth-order valence-electron chi connectivity index (χ4n) is 5.16. The first-order chi connectivity index (χ1) is 13.9. The largest absolute Gasteiger partial charge is 0.383 e. The van der Waals surface area contributed by atoms with Crippen molar-refractivity contribution in [1.82, 2.24) is 24.4 Å². The molecule has 0 saturated heterocycles. The lowest BCUT2D eigenvalue weighted by Gasteiger charge is -2.35. The summed E-state index contributed by atoms with van der Waals surface area (Å²) >= 11 is 0. The van der Waals surface area contributed by atoms with Crippen LogP contribution in [0.25, 0.3) is 11.0 Å². The maximum atomic E-state index is 11.8. The molecule has 0 fully saturated rings. The van der Waals surface area contributed by atoms with Crippen molar-refractivity contribution < 1.29 is 5.11 Å². The Kier molecular flexibility index (Phi) is 4.44. The standard InChI is InChI=1S/C23H29N5O/c1-15-8-9-18-19(25-15)6-4-10-23(18,29)14-28-20-7-5-11-27(3)13-17(20)22-21(28)12-24-16(2)26-22/h8-9,12,29H,4-7,10-11,13-14H2,1-3H3. The van der Waals surface area contributed by atoms with Gasteiger partial charge in [0.1, 0.15) is 11.4 Å². The van der Waals surface area contributed by atoms with Crippen molar-refractivity contribution in [1.29, 1.82) is 0 Å². The number of hydrogen-bond donors (Lipinski definition) is 1. The van der Waals surface area contributed by atoms with E-state index in [1.807, 2.05) is 26.1 Å². The Labute approximate surface area is 171 Å². The Morgan fingerprint density at radius 1 is 1.14 bits per heavy atom. The molecular formula is C23H29N5O. The summed E-state index contributed by atoms with van der Waals surface area (Å²) in [5.74, 6) is 0.797. The highest BCUT2D eigenvalue weighted by atomic mass is 16.3. The van der Waals surface area contributed by atoms with Gasteiger partial charge in [0.25, 0.3) is 0 Å². The van der Waals surface area contributed by atoms with Crippen LogP contribution in [0.15, 0.2) is 18.3 Å². The van der Waals surface area contributed by atoms with Gasteiger partial charge in [0.05, 0.1) is 23.8 Å². The number of rotatable bonds is 2. The molecular weight excluding hydrogens is 362 g/mol. The molecule has 1 atom stereocenters. The van der Waals surface area contributed by atoms with Crippen LogP contribution in [0.2, 0.25) is 0 Å². The molecule has 0 amide bonds. The van der Waals surface area contributed by atoms with E-state index in [0.29, 0.717) is 6.54 Å². The van der Waals surface area contributed by atoms with E-state index in [1.165, 1.54) is 11.3 Å². The number of aryl methyl sites for hydroxylation is 3. The summed E-state index contributed by atoms with van der Waals surface area (Å²) in [5.41, 5.74) is 6.84. The van der Waals surface area contributed by atoms with E-state index in [-0.39, 0.29) is 0 Å². The zero-order chi connectivity index (χ0) is 20.2. The SMILES string of the molecule is Cc1ccc2c(n1)CCCC2(O)Cn1c2c(c3nc(C)ncc31)CN(C)CCC2. The fraction of sp³-hybridized carbons (Fsp3) is 0.522. The summed E-state index contributed by atoms with van der Waals surface area (Å²) in [6.45, 7) is 6.47. The lowest BCUT2D eigenvalue weighted by atomic mass is 9.81. The molecule has 1 N–H and O–H groups in total. The summed E-state index contributed by atoms with van der Waals surface area (Å²) < 4.78 is 2.30. The Bertz CT molecular complexity index is 1090. The Morgan fingerprint density at radius 3 is 2.86 bits per heavy atom. The number of aromatic nitrogens is 4. The van der Waals surface area contributed by atoms with E-state index >= 15 is 0 Å². The van der Waals surface area contributed by atoms with Crippen molar-refractivity contribution >= 4 is 11.0 Å². The first-order valence-corrected chi connectivity index (χ1v) is 10.7. The minimum Gasteiger partial charge on any atom is -0.383 e. The predicted octanol–water partition coefficient (Wildman–Crippen LogP) is 3.05. The molecule has 1 aliphatic heterocycles. The summed E-state index contributed by atoms with van der Waals surface area (Å²) in [6.07, 6.45) is 6.71. The Morgan fingerprint density at radius 2 is 2.00 bits per heavy atom. The van der Waals surface area contributed by atoms with Crippen LogP contribution in [0, 0.1) is 13.8 Å². The number of nitrogens with zero attached hydrogens (tertiary/aromatic N) is 5. The monoisotopic (exact) mass is 391 g/mol. The van der Waals surface area contributed by atoms with Crippen molar-refractivity contribution in [2.24, 2.45) is 0 Å². The third kappa shape index (κ3) is 3.15. The van der Waals surface area contributed by atoms with Gasteiger partial charge in [-0.1, -0.05) is 6.07 Å². The van der Waals surface area contributed by atoms with Gasteiger partial charge in [0, 0.05) is 34.8 Å². The second-order valence-corrected chi connectivity index (χ2v) is 8.84. The van der Waals surface area contributed by atoms with Crippen LogP contribution >= 0.6 is 0 Å². The molecule has 2 aliphatic rings. The van der Waals surface area contributed by atoms with E-state index in [1.54, 1.807) is 0 Å². The zero-order valence-corrected chi connectivity index (χ0v) is 17.6. The number of hydrogen-bond acceptors (Lipinski definition) is 5. The first-order valence-electron chi connectivity index (χ1n) is 10.7. The predicted molar refractivity (Wildman–Crippen MR) is 113 cm³/mol. The van der Waals surface area contributed by atoms with Crippen molar-refractivity contribution in [3.8, 4) is 0 Å². The molecule has 0 spiro atoms. The van der Waals surface area contributed by atoms with Gasteiger partial charge in [-0.2, -0.15) is 0 Å². The third-order valence-corrected chi connectivity index (χ3v) is 6.56. The molecule has 3 aromatic rings.